The molecule has 0 amide bonds. The maximum atomic E-state index is 4.89. The van der Waals surface area contributed by atoms with E-state index in [-0.39, 0.29) is 4.84 Å². The maximum absolute atomic E-state index is 4.89. The molecule has 18 heavy (non-hydrogen) atoms. The summed E-state index contributed by atoms with van der Waals surface area (Å²) in [6.45, 7) is 4.00. The molecule has 0 aliphatic heterocycles. The van der Waals surface area contributed by atoms with Crippen LogP contribution >= 0.6 is 28.1 Å². The van der Waals surface area contributed by atoms with E-state index in [0.717, 1.165) is 15.8 Å². The fourth-order valence-corrected chi connectivity index (χ4v) is 1.94. The van der Waals surface area contributed by atoms with Crippen molar-refractivity contribution in [1.82, 2.24) is 19.5 Å². The van der Waals surface area contributed by atoms with E-state index in [9.17, 15) is 0 Å². The Balaban J connectivity index is 0.000000574. The van der Waals surface area contributed by atoms with Gasteiger partial charge in [0, 0.05) is 10.7 Å². The lowest BCUT2D eigenvalue weighted by Crippen LogP contribution is -1.89. The number of hydrogen-bond donors (Lipinski definition) is 1. The smallest absolute Gasteiger partial charge is 0.314 e. The minimum atomic E-state index is 0.181. The molecule has 0 unspecified atom stereocenters. The number of aromatic nitrogens is 4. The van der Waals surface area contributed by atoms with Crippen molar-refractivity contribution in [2.75, 3.05) is 0 Å². The van der Waals surface area contributed by atoms with Crippen molar-refractivity contribution in [1.29, 1.82) is 0 Å². The zero-order valence-electron chi connectivity index (χ0n) is 9.85. The van der Waals surface area contributed by atoms with Crippen molar-refractivity contribution >= 4 is 33.8 Å². The Morgan fingerprint density at radius 2 is 2.17 bits per heavy atom. The van der Waals surface area contributed by atoms with Gasteiger partial charge in [0.15, 0.2) is 5.82 Å². The Morgan fingerprint density at radius 1 is 1.39 bits per heavy atom. The molecule has 0 atom stereocenters. The number of nitrogens with one attached hydrogen (secondary N) is 1. The second kappa shape index (κ2) is 5.45. The molecule has 0 radical (unpaired) electrons. The van der Waals surface area contributed by atoms with Crippen LogP contribution in [-0.4, -0.2) is 19.5 Å². The molecule has 0 saturated heterocycles. The van der Waals surface area contributed by atoms with Gasteiger partial charge in [0.05, 0.1) is 6.20 Å². The van der Waals surface area contributed by atoms with E-state index in [1.807, 2.05) is 36.6 Å². The van der Waals surface area contributed by atoms with Crippen molar-refractivity contribution in [2.24, 2.45) is 0 Å². The first-order valence-corrected chi connectivity index (χ1v) is 6.63. The Morgan fingerprint density at radius 3 is 2.83 bits per heavy atom. The highest BCUT2D eigenvalue weighted by molar-refractivity contribution is 9.10. The minimum absolute atomic E-state index is 0.181. The first kappa shape index (κ1) is 13.0. The molecule has 7 heteroatoms. The van der Waals surface area contributed by atoms with E-state index in [1.165, 1.54) is 0 Å². The molecule has 3 aromatic rings. The van der Waals surface area contributed by atoms with Crippen molar-refractivity contribution in [3.63, 3.8) is 0 Å². The van der Waals surface area contributed by atoms with Gasteiger partial charge in [0.1, 0.15) is 11.3 Å². The number of rotatable bonds is 1. The van der Waals surface area contributed by atoms with Gasteiger partial charge in [-0.2, -0.15) is 10.1 Å². The Bertz CT molecular complexity index is 715. The van der Waals surface area contributed by atoms with Crippen LogP contribution < -0.4 is 0 Å². The first-order chi connectivity index (χ1) is 8.74. The van der Waals surface area contributed by atoms with Crippen molar-refractivity contribution in [2.45, 2.75) is 13.8 Å². The third-order valence-corrected chi connectivity index (χ3v) is 2.79. The molecule has 3 heterocycles. The summed E-state index contributed by atoms with van der Waals surface area (Å²) >= 11 is 8.21. The van der Waals surface area contributed by atoms with Crippen LogP contribution in [0.2, 0.25) is 0 Å². The van der Waals surface area contributed by atoms with E-state index in [4.69, 9.17) is 16.7 Å². The summed E-state index contributed by atoms with van der Waals surface area (Å²) in [5, 5.41) is 2.65. The largest absolute Gasteiger partial charge is 0.348 e. The number of aromatic amines is 1. The van der Waals surface area contributed by atoms with Gasteiger partial charge in [0.2, 0.25) is 0 Å². The number of pyridine rings is 1. The molecular formula is C11H11BrN4OS. The minimum Gasteiger partial charge on any atom is -0.348 e. The molecule has 1 N–H and O–H groups in total. The Labute approximate surface area is 117 Å². The highest BCUT2D eigenvalue weighted by Crippen LogP contribution is 2.19. The van der Waals surface area contributed by atoms with Gasteiger partial charge in [-0.1, -0.05) is 13.8 Å². The van der Waals surface area contributed by atoms with Crippen molar-refractivity contribution < 1.29 is 4.52 Å². The monoisotopic (exact) mass is 326 g/mol. The van der Waals surface area contributed by atoms with E-state index in [2.05, 4.69) is 31.1 Å². The molecule has 0 fully saturated rings. The predicted molar refractivity (Wildman–Crippen MR) is 74.9 cm³/mol. The summed E-state index contributed by atoms with van der Waals surface area (Å²) in [6.07, 6.45) is 3.62. The van der Waals surface area contributed by atoms with E-state index >= 15 is 0 Å². The van der Waals surface area contributed by atoms with Crippen LogP contribution in [0.4, 0.5) is 0 Å². The predicted octanol–water partition coefficient (Wildman–Crippen LogP) is 3.84. The van der Waals surface area contributed by atoms with E-state index < -0.39 is 0 Å². The van der Waals surface area contributed by atoms with Crippen LogP contribution in [0, 0.1) is 4.84 Å². The topological polar surface area (TPSA) is 59.1 Å². The van der Waals surface area contributed by atoms with E-state index in [1.54, 1.807) is 6.20 Å². The molecule has 94 valence electrons. The summed E-state index contributed by atoms with van der Waals surface area (Å²) in [6, 6.07) is 3.83. The molecule has 0 bridgehead atoms. The standard InChI is InChI=1S/C9H5BrN4OS.C2H6/c10-5-1-2-7-11-3-6(14(7)4-5)8-12-9(16)15-13-8;1-2/h1-4H,(H,12,13,16);1-2H3. The van der Waals surface area contributed by atoms with Gasteiger partial charge in [-0.3, -0.25) is 4.40 Å². The van der Waals surface area contributed by atoms with Crippen LogP contribution in [0.1, 0.15) is 13.8 Å². The van der Waals surface area contributed by atoms with Crippen molar-refractivity contribution in [3.8, 4) is 11.5 Å². The van der Waals surface area contributed by atoms with Crippen LogP contribution in [0.25, 0.3) is 17.2 Å². The fraction of sp³-hybridized carbons (Fsp3) is 0.182. The zero-order chi connectivity index (χ0) is 13.1. The van der Waals surface area contributed by atoms with Gasteiger partial charge >= 0.3 is 4.84 Å². The van der Waals surface area contributed by atoms with Crippen LogP contribution in [0.5, 0.6) is 0 Å². The number of nitrogens with zero attached hydrogens (tertiary/aromatic N) is 3. The molecule has 5 nitrogen and oxygen atoms in total. The first-order valence-electron chi connectivity index (χ1n) is 5.42. The highest BCUT2D eigenvalue weighted by atomic mass is 79.9. The molecule has 0 saturated carbocycles. The lowest BCUT2D eigenvalue weighted by Gasteiger charge is -1.97. The third-order valence-electron chi connectivity index (χ3n) is 2.15. The SMILES string of the molecule is CC.S=c1nc(-c2cnc3ccc(Br)cn23)[nH]o1. The fourth-order valence-electron chi connectivity index (χ4n) is 1.47. The van der Waals surface area contributed by atoms with Crippen molar-refractivity contribution in [3.05, 3.63) is 33.8 Å². The average molecular weight is 327 g/mol. The second-order valence-electron chi connectivity index (χ2n) is 3.15. The third kappa shape index (κ3) is 2.37. The summed E-state index contributed by atoms with van der Waals surface area (Å²) < 4.78 is 7.75. The lowest BCUT2D eigenvalue weighted by molar-refractivity contribution is 0.406. The average Bonchev–Trinajstić information content (AvgIpc) is 2.97. The summed E-state index contributed by atoms with van der Waals surface area (Å²) in [4.78, 5) is 8.48. The lowest BCUT2D eigenvalue weighted by atomic mass is 10.4. The molecule has 0 aromatic carbocycles. The number of fused-ring (bicyclic) bond motifs is 1. The van der Waals surface area contributed by atoms with Gasteiger partial charge in [0.25, 0.3) is 0 Å². The quantitative estimate of drug-likeness (QED) is 0.690. The zero-order valence-corrected chi connectivity index (χ0v) is 12.2. The van der Waals surface area contributed by atoms with Gasteiger partial charge in [-0.15, -0.1) is 0 Å². The molecule has 3 rings (SSSR count). The summed E-state index contributed by atoms with van der Waals surface area (Å²) in [5.74, 6) is 0.565. The van der Waals surface area contributed by atoms with Crippen LogP contribution in [0.15, 0.2) is 33.5 Å². The summed E-state index contributed by atoms with van der Waals surface area (Å²) in [7, 11) is 0. The number of hydrogen-bond acceptors (Lipinski definition) is 4. The molecule has 0 aliphatic carbocycles. The molecular weight excluding hydrogens is 316 g/mol. The van der Waals surface area contributed by atoms with Gasteiger partial charge in [-0.05, 0) is 40.3 Å². The van der Waals surface area contributed by atoms with Gasteiger partial charge < -0.3 is 4.52 Å². The van der Waals surface area contributed by atoms with Crippen LogP contribution in [0.3, 0.4) is 0 Å². The normalized spacial score (nSPS) is 10.2. The summed E-state index contributed by atoms with van der Waals surface area (Å²) in [5.41, 5.74) is 1.64. The number of H-pyrrole nitrogens is 1. The number of halogens is 1. The highest BCUT2D eigenvalue weighted by Gasteiger charge is 2.09. The number of imidazole rings is 1. The van der Waals surface area contributed by atoms with Crippen LogP contribution in [-0.2, 0) is 0 Å². The Hall–Kier alpha value is -1.47. The van der Waals surface area contributed by atoms with Gasteiger partial charge in [-0.25, -0.2) is 4.98 Å². The second-order valence-corrected chi connectivity index (χ2v) is 4.41. The molecule has 3 aromatic heterocycles. The Kier molecular flexibility index (Phi) is 3.93. The maximum Gasteiger partial charge on any atom is 0.314 e. The molecule has 0 aliphatic rings. The van der Waals surface area contributed by atoms with E-state index in [0.29, 0.717) is 5.82 Å². The molecule has 0 spiro atoms.